The van der Waals surface area contributed by atoms with Gasteiger partial charge in [-0.3, -0.25) is 14.9 Å². The Bertz CT molecular complexity index is 372. The summed E-state index contributed by atoms with van der Waals surface area (Å²) >= 11 is 1.74. The molecule has 0 radical (unpaired) electrons. The van der Waals surface area contributed by atoms with Gasteiger partial charge < -0.3 is 5.73 Å². The molecule has 96 valence electrons. The van der Waals surface area contributed by atoms with Gasteiger partial charge >= 0.3 is 0 Å². The van der Waals surface area contributed by atoms with Crippen LogP contribution in [0, 0.1) is 0 Å². The van der Waals surface area contributed by atoms with E-state index in [0.717, 1.165) is 11.5 Å². The molecule has 0 fully saturated rings. The number of hydrogen-bond donors (Lipinski definition) is 3. The van der Waals surface area contributed by atoms with Crippen molar-refractivity contribution in [3.8, 4) is 0 Å². The van der Waals surface area contributed by atoms with Gasteiger partial charge in [-0.25, -0.2) is 5.84 Å². The first-order valence-electron chi connectivity index (χ1n) is 5.20. The van der Waals surface area contributed by atoms with Gasteiger partial charge in [0.1, 0.15) is 0 Å². The fraction of sp³-hybridized carbons (Fsp3) is 0.667. The van der Waals surface area contributed by atoms with E-state index < -0.39 is 5.91 Å². The summed E-state index contributed by atoms with van der Waals surface area (Å²) in [5, 5.41) is 7.53. The van der Waals surface area contributed by atoms with E-state index in [4.69, 9.17) is 11.6 Å². The lowest BCUT2D eigenvalue weighted by Crippen LogP contribution is -2.34. The zero-order valence-corrected chi connectivity index (χ0v) is 10.8. The lowest BCUT2D eigenvalue weighted by molar-refractivity contribution is 0.0948. The van der Waals surface area contributed by atoms with Crippen LogP contribution in [0.3, 0.4) is 0 Å². The van der Waals surface area contributed by atoms with Gasteiger partial charge in [0.05, 0.1) is 12.7 Å². The van der Waals surface area contributed by atoms with Crippen LogP contribution in [-0.4, -0.2) is 37.9 Å². The van der Waals surface area contributed by atoms with E-state index in [1.54, 1.807) is 22.6 Å². The van der Waals surface area contributed by atoms with Crippen molar-refractivity contribution in [2.75, 3.05) is 11.5 Å². The topological polar surface area (TPSA) is 112 Å². The van der Waals surface area contributed by atoms with Crippen LogP contribution in [0.1, 0.15) is 24.3 Å². The third-order valence-electron chi connectivity index (χ3n) is 1.84. The van der Waals surface area contributed by atoms with E-state index in [1.165, 1.54) is 0 Å². The van der Waals surface area contributed by atoms with Crippen LogP contribution in [0.15, 0.2) is 6.20 Å². The Balaban J connectivity index is 2.33. The molecule has 8 heteroatoms. The molecule has 0 aliphatic rings. The van der Waals surface area contributed by atoms with Gasteiger partial charge in [-0.05, 0) is 13.8 Å². The summed E-state index contributed by atoms with van der Waals surface area (Å²) in [5.74, 6) is 6.29. The SMILES string of the molecule is CC(C)(N)CSCCn1cc(C(=O)NN)nn1. The second-order valence-corrected chi connectivity index (χ2v) is 5.49. The molecule has 0 bridgehead atoms. The molecular weight excluding hydrogens is 240 g/mol. The Morgan fingerprint density at radius 1 is 1.65 bits per heavy atom. The molecule has 17 heavy (non-hydrogen) atoms. The third-order valence-corrected chi connectivity index (χ3v) is 3.26. The zero-order valence-electron chi connectivity index (χ0n) is 10.0. The molecule has 0 saturated carbocycles. The summed E-state index contributed by atoms with van der Waals surface area (Å²) in [7, 11) is 0. The zero-order chi connectivity index (χ0) is 12.9. The highest BCUT2D eigenvalue weighted by molar-refractivity contribution is 7.99. The number of nitrogen functional groups attached to an aromatic ring is 1. The minimum absolute atomic E-state index is 0.169. The van der Waals surface area contributed by atoms with Gasteiger partial charge in [-0.15, -0.1) is 5.10 Å². The highest BCUT2D eigenvalue weighted by Crippen LogP contribution is 2.09. The molecule has 1 aromatic heterocycles. The molecule has 1 heterocycles. The monoisotopic (exact) mass is 258 g/mol. The number of carbonyl (C=O) groups is 1. The smallest absolute Gasteiger partial charge is 0.287 e. The van der Waals surface area contributed by atoms with Crippen molar-refractivity contribution in [2.45, 2.75) is 25.9 Å². The van der Waals surface area contributed by atoms with Crippen molar-refractivity contribution < 1.29 is 4.79 Å². The minimum Gasteiger partial charge on any atom is -0.325 e. The predicted molar refractivity (Wildman–Crippen MR) is 67.3 cm³/mol. The summed E-state index contributed by atoms with van der Waals surface area (Å²) in [6.07, 6.45) is 1.57. The van der Waals surface area contributed by atoms with Crippen LogP contribution >= 0.6 is 11.8 Å². The van der Waals surface area contributed by atoms with Gasteiger partial charge in [-0.1, -0.05) is 5.21 Å². The molecule has 1 rings (SSSR count). The van der Waals surface area contributed by atoms with Crippen LogP contribution in [0.2, 0.25) is 0 Å². The number of nitrogens with one attached hydrogen (secondary N) is 1. The van der Waals surface area contributed by atoms with Crippen molar-refractivity contribution in [3.05, 3.63) is 11.9 Å². The first kappa shape index (κ1) is 13.9. The molecule has 7 nitrogen and oxygen atoms in total. The molecular formula is C9H18N6OS. The lowest BCUT2D eigenvalue weighted by atomic mass is 10.1. The number of carbonyl (C=O) groups excluding carboxylic acids is 1. The molecule has 0 atom stereocenters. The van der Waals surface area contributed by atoms with Crippen LogP contribution in [0.5, 0.6) is 0 Å². The number of hydrazine groups is 1. The molecule has 1 aromatic rings. The fourth-order valence-electron chi connectivity index (χ4n) is 1.08. The second-order valence-electron chi connectivity index (χ2n) is 4.38. The molecule has 0 saturated heterocycles. The quantitative estimate of drug-likeness (QED) is 0.271. The molecule has 0 spiro atoms. The number of rotatable bonds is 6. The standard InChI is InChI=1S/C9H18N6OS/c1-9(2,10)6-17-4-3-15-5-7(13-14-15)8(16)12-11/h5H,3-4,6,10-11H2,1-2H3,(H,12,16). The molecule has 1 amide bonds. The summed E-state index contributed by atoms with van der Waals surface area (Å²) in [5.41, 5.74) is 7.91. The summed E-state index contributed by atoms with van der Waals surface area (Å²) in [6.45, 7) is 4.66. The maximum atomic E-state index is 11.1. The lowest BCUT2D eigenvalue weighted by Gasteiger charge is -2.17. The number of hydrogen-bond acceptors (Lipinski definition) is 6. The number of amides is 1. The predicted octanol–water partition coefficient (Wildman–Crippen LogP) is -0.648. The van der Waals surface area contributed by atoms with E-state index in [9.17, 15) is 4.79 Å². The van der Waals surface area contributed by atoms with Gasteiger partial charge in [0.2, 0.25) is 0 Å². The minimum atomic E-state index is -0.438. The summed E-state index contributed by atoms with van der Waals surface area (Å²) in [6, 6.07) is 0. The maximum absolute atomic E-state index is 11.1. The second kappa shape index (κ2) is 5.99. The van der Waals surface area contributed by atoms with Crippen LogP contribution < -0.4 is 17.0 Å². The van der Waals surface area contributed by atoms with Gasteiger partial charge in [0, 0.05) is 17.0 Å². The van der Waals surface area contributed by atoms with E-state index in [-0.39, 0.29) is 11.2 Å². The Hall–Kier alpha value is -1.12. The van der Waals surface area contributed by atoms with E-state index in [2.05, 4.69) is 10.3 Å². The van der Waals surface area contributed by atoms with Crippen molar-refractivity contribution in [3.63, 3.8) is 0 Å². The number of aromatic nitrogens is 3. The summed E-state index contributed by atoms with van der Waals surface area (Å²) in [4.78, 5) is 11.1. The van der Waals surface area contributed by atoms with Crippen molar-refractivity contribution in [1.29, 1.82) is 0 Å². The van der Waals surface area contributed by atoms with Crippen molar-refractivity contribution in [2.24, 2.45) is 11.6 Å². The highest BCUT2D eigenvalue weighted by atomic mass is 32.2. The number of thioether (sulfide) groups is 1. The van der Waals surface area contributed by atoms with Crippen LogP contribution in [0.25, 0.3) is 0 Å². The van der Waals surface area contributed by atoms with E-state index in [0.29, 0.717) is 6.54 Å². The normalized spacial score (nSPS) is 11.5. The Morgan fingerprint density at radius 3 is 2.94 bits per heavy atom. The van der Waals surface area contributed by atoms with E-state index >= 15 is 0 Å². The highest BCUT2D eigenvalue weighted by Gasteiger charge is 2.11. The van der Waals surface area contributed by atoms with Crippen molar-refractivity contribution in [1.82, 2.24) is 20.4 Å². The average molecular weight is 258 g/mol. The fourth-order valence-corrected chi connectivity index (χ4v) is 2.07. The molecule has 0 aliphatic heterocycles. The van der Waals surface area contributed by atoms with Gasteiger partial charge in [0.15, 0.2) is 5.69 Å². The van der Waals surface area contributed by atoms with E-state index in [1.807, 2.05) is 19.3 Å². The maximum Gasteiger partial charge on any atom is 0.287 e. The van der Waals surface area contributed by atoms with Crippen LogP contribution in [-0.2, 0) is 6.54 Å². The Labute approximate surface area is 104 Å². The molecule has 5 N–H and O–H groups in total. The molecule has 0 aliphatic carbocycles. The van der Waals surface area contributed by atoms with Crippen LogP contribution in [0.4, 0.5) is 0 Å². The van der Waals surface area contributed by atoms with Gasteiger partial charge in [0.25, 0.3) is 5.91 Å². The first-order chi connectivity index (χ1) is 7.92. The van der Waals surface area contributed by atoms with Crippen molar-refractivity contribution >= 4 is 17.7 Å². The first-order valence-corrected chi connectivity index (χ1v) is 6.35. The summed E-state index contributed by atoms with van der Waals surface area (Å²) < 4.78 is 1.61. The average Bonchev–Trinajstić information content (AvgIpc) is 2.70. The molecule has 0 aromatic carbocycles. The molecule has 0 unspecified atom stereocenters. The largest absolute Gasteiger partial charge is 0.325 e. The number of aryl methyl sites for hydroxylation is 1. The van der Waals surface area contributed by atoms with Gasteiger partial charge in [-0.2, -0.15) is 11.8 Å². The Morgan fingerprint density at radius 2 is 2.35 bits per heavy atom. The third kappa shape index (κ3) is 5.16. The number of nitrogens with zero attached hydrogens (tertiary/aromatic N) is 3. The Kier molecular flexibility index (Phi) is 4.91. The number of nitrogens with two attached hydrogens (primary N) is 2.